The van der Waals surface area contributed by atoms with Crippen LogP contribution in [-0.4, -0.2) is 37.4 Å². The number of hydrogen-bond acceptors (Lipinski definition) is 6. The van der Waals surface area contributed by atoms with Gasteiger partial charge in [0, 0.05) is 23.8 Å². The Morgan fingerprint density at radius 2 is 1.81 bits per heavy atom. The van der Waals surface area contributed by atoms with Crippen LogP contribution in [-0.2, 0) is 24.6 Å². The molecule has 31 heavy (non-hydrogen) atoms. The summed E-state index contributed by atoms with van der Waals surface area (Å²) in [6.07, 6.45) is -8.42. The summed E-state index contributed by atoms with van der Waals surface area (Å²) in [6.45, 7) is 1.60. The zero-order chi connectivity index (χ0) is 22.4. The largest absolute Gasteiger partial charge is 0.465 e. The van der Waals surface area contributed by atoms with E-state index in [0.29, 0.717) is 16.9 Å². The van der Waals surface area contributed by atoms with Crippen LogP contribution in [0.3, 0.4) is 0 Å². The van der Waals surface area contributed by atoms with Crippen LogP contribution >= 0.6 is 0 Å². The molecule has 164 valence electrons. The number of ketones is 1. The minimum Gasteiger partial charge on any atom is -0.465 e. The molecule has 6 nitrogen and oxygen atoms in total. The maximum Gasteiger partial charge on any atom is 0.432 e. The summed E-state index contributed by atoms with van der Waals surface area (Å²) in [6, 6.07) is 11.3. The first kappa shape index (κ1) is 21.3. The van der Waals surface area contributed by atoms with E-state index in [9.17, 15) is 22.8 Å². The quantitative estimate of drug-likeness (QED) is 0.673. The van der Waals surface area contributed by atoms with Gasteiger partial charge in [-0.2, -0.15) is 13.2 Å². The SMILES string of the molecule is CO[C@@](C(=O)O[C@H]1CC(=O)c2cccc3c2[C@@H]1O[C@@H](C)O3)(c1ccccc1)C(F)(F)F. The lowest BCUT2D eigenvalue weighted by Crippen LogP contribution is -2.53. The van der Waals surface area contributed by atoms with Crippen molar-refractivity contribution in [3.63, 3.8) is 0 Å². The van der Waals surface area contributed by atoms with Gasteiger partial charge >= 0.3 is 12.1 Å². The van der Waals surface area contributed by atoms with Gasteiger partial charge in [-0.15, -0.1) is 0 Å². The molecule has 0 bridgehead atoms. The Morgan fingerprint density at radius 3 is 2.45 bits per heavy atom. The predicted molar refractivity (Wildman–Crippen MR) is 100 cm³/mol. The second-order valence-corrected chi connectivity index (χ2v) is 7.28. The molecular weight excluding hydrogens is 417 g/mol. The fourth-order valence-corrected chi connectivity index (χ4v) is 4.05. The van der Waals surface area contributed by atoms with Gasteiger partial charge in [0.1, 0.15) is 18.0 Å². The molecule has 4 atom stereocenters. The van der Waals surface area contributed by atoms with Gasteiger partial charge in [0.25, 0.3) is 5.60 Å². The first-order valence-corrected chi connectivity index (χ1v) is 9.55. The third-order valence-corrected chi connectivity index (χ3v) is 5.44. The van der Waals surface area contributed by atoms with Crippen molar-refractivity contribution in [3.05, 3.63) is 65.2 Å². The van der Waals surface area contributed by atoms with E-state index in [1.807, 2.05) is 0 Å². The van der Waals surface area contributed by atoms with E-state index in [1.165, 1.54) is 18.2 Å². The smallest absolute Gasteiger partial charge is 0.432 e. The van der Waals surface area contributed by atoms with Crippen molar-refractivity contribution in [1.29, 1.82) is 0 Å². The maximum atomic E-state index is 14.2. The van der Waals surface area contributed by atoms with Gasteiger partial charge < -0.3 is 18.9 Å². The molecule has 0 aromatic heterocycles. The van der Waals surface area contributed by atoms with E-state index in [1.54, 1.807) is 25.1 Å². The second kappa shape index (κ2) is 7.65. The molecule has 0 amide bonds. The number of ether oxygens (including phenoxy) is 4. The third kappa shape index (κ3) is 3.37. The van der Waals surface area contributed by atoms with Crippen molar-refractivity contribution in [1.82, 2.24) is 0 Å². The fraction of sp³-hybridized carbons (Fsp3) is 0.364. The van der Waals surface area contributed by atoms with Crippen LogP contribution in [0, 0.1) is 0 Å². The molecule has 0 radical (unpaired) electrons. The number of carbonyl (C=O) groups excluding carboxylic acids is 2. The molecule has 1 aliphatic carbocycles. The first-order valence-electron chi connectivity index (χ1n) is 9.55. The monoisotopic (exact) mass is 436 g/mol. The fourth-order valence-electron chi connectivity index (χ4n) is 4.05. The summed E-state index contributed by atoms with van der Waals surface area (Å²) in [7, 11) is 0.786. The molecule has 0 unspecified atom stereocenters. The van der Waals surface area contributed by atoms with Crippen LogP contribution in [0.25, 0.3) is 0 Å². The molecule has 1 heterocycles. The standard InChI is InChI=1S/C22H19F3O6/c1-12-29-16-10-6-9-14-15(26)11-17(19(30-12)18(14)16)31-20(27)21(28-2,22(23,24)25)13-7-4-3-5-8-13/h3-10,12,17,19H,11H2,1-2H3/t12-,17-,19+,21+/m0/s1. The number of halogens is 3. The Morgan fingerprint density at radius 1 is 1.10 bits per heavy atom. The van der Waals surface area contributed by atoms with E-state index >= 15 is 0 Å². The molecule has 0 fully saturated rings. The van der Waals surface area contributed by atoms with Crippen molar-refractivity contribution >= 4 is 11.8 Å². The highest BCUT2D eigenvalue weighted by Crippen LogP contribution is 2.47. The number of hydrogen-bond donors (Lipinski definition) is 0. The number of methoxy groups -OCH3 is 1. The van der Waals surface area contributed by atoms with E-state index in [4.69, 9.17) is 18.9 Å². The minimum absolute atomic E-state index is 0.327. The van der Waals surface area contributed by atoms with Gasteiger partial charge in [0.15, 0.2) is 12.1 Å². The van der Waals surface area contributed by atoms with Crippen LogP contribution in [0.2, 0.25) is 0 Å². The highest BCUT2D eigenvalue weighted by atomic mass is 19.4. The zero-order valence-corrected chi connectivity index (χ0v) is 16.6. The Kier molecular flexibility index (Phi) is 5.26. The Hall–Kier alpha value is -2.91. The summed E-state index contributed by atoms with van der Waals surface area (Å²) in [5, 5.41) is 0. The van der Waals surface area contributed by atoms with Gasteiger partial charge in [-0.25, -0.2) is 4.79 Å². The molecule has 4 rings (SSSR count). The normalized spacial score (nSPS) is 24.5. The number of esters is 1. The molecule has 9 heteroatoms. The molecule has 0 N–H and O–H groups in total. The molecule has 2 aliphatic rings. The molecule has 2 aromatic rings. The van der Waals surface area contributed by atoms with Crippen LogP contribution < -0.4 is 4.74 Å². The summed E-state index contributed by atoms with van der Waals surface area (Å²) in [5.74, 6) is -1.69. The van der Waals surface area contributed by atoms with Crippen molar-refractivity contribution in [3.8, 4) is 5.75 Å². The number of rotatable bonds is 4. The molecule has 0 saturated heterocycles. The van der Waals surface area contributed by atoms with Crippen LogP contribution in [0.15, 0.2) is 48.5 Å². The molecule has 2 aromatic carbocycles. The lowest BCUT2D eigenvalue weighted by atomic mass is 9.84. The average Bonchev–Trinajstić information content (AvgIpc) is 2.72. The summed E-state index contributed by atoms with van der Waals surface area (Å²) >= 11 is 0. The first-order chi connectivity index (χ1) is 14.7. The minimum atomic E-state index is -5.12. The van der Waals surface area contributed by atoms with Crippen molar-refractivity contribution in [2.45, 2.75) is 43.6 Å². The molecule has 0 saturated carbocycles. The lowest BCUT2D eigenvalue weighted by Gasteiger charge is -2.40. The number of benzene rings is 2. The number of alkyl halides is 3. The van der Waals surface area contributed by atoms with Crippen molar-refractivity contribution in [2.24, 2.45) is 0 Å². The van der Waals surface area contributed by atoms with Gasteiger partial charge in [0.05, 0.1) is 6.42 Å². The van der Waals surface area contributed by atoms with Crippen LogP contribution in [0.1, 0.15) is 40.9 Å². The predicted octanol–water partition coefficient (Wildman–Crippen LogP) is 4.09. The number of Topliss-reactive ketones (excluding diaryl/α,β-unsaturated/α-hetero) is 1. The highest BCUT2D eigenvalue weighted by molar-refractivity contribution is 6.00. The van der Waals surface area contributed by atoms with Gasteiger partial charge in [-0.3, -0.25) is 4.79 Å². The number of carbonyl (C=O) groups is 2. The van der Waals surface area contributed by atoms with E-state index in [2.05, 4.69) is 0 Å². The molecule has 0 spiro atoms. The molecular formula is C22H19F3O6. The van der Waals surface area contributed by atoms with Crippen LogP contribution in [0.5, 0.6) is 5.75 Å². The summed E-state index contributed by atoms with van der Waals surface area (Å²) < 4.78 is 63.8. The van der Waals surface area contributed by atoms with E-state index < -0.39 is 41.8 Å². The lowest BCUT2D eigenvalue weighted by molar-refractivity contribution is -0.281. The van der Waals surface area contributed by atoms with Gasteiger partial charge in [-0.1, -0.05) is 42.5 Å². The summed E-state index contributed by atoms with van der Waals surface area (Å²) in [5.41, 5.74) is -3.09. The van der Waals surface area contributed by atoms with Crippen molar-refractivity contribution in [2.75, 3.05) is 7.11 Å². The Balaban J connectivity index is 1.73. The van der Waals surface area contributed by atoms with Crippen LogP contribution in [0.4, 0.5) is 13.2 Å². The highest BCUT2D eigenvalue weighted by Gasteiger charge is 2.64. The second-order valence-electron chi connectivity index (χ2n) is 7.28. The van der Waals surface area contributed by atoms with Crippen molar-refractivity contribution < 1.29 is 41.7 Å². The topological polar surface area (TPSA) is 71.1 Å². The van der Waals surface area contributed by atoms with Gasteiger partial charge in [0.2, 0.25) is 0 Å². The average molecular weight is 436 g/mol. The summed E-state index contributed by atoms with van der Waals surface area (Å²) in [4.78, 5) is 25.6. The zero-order valence-electron chi connectivity index (χ0n) is 16.6. The maximum absolute atomic E-state index is 14.2. The van der Waals surface area contributed by atoms with Gasteiger partial charge in [-0.05, 0) is 13.0 Å². The third-order valence-electron chi connectivity index (χ3n) is 5.44. The van der Waals surface area contributed by atoms with E-state index in [0.717, 1.165) is 19.2 Å². The molecule has 1 aliphatic heterocycles. The Labute approximate surface area is 175 Å². The Bertz CT molecular complexity index is 1010. The van der Waals surface area contributed by atoms with E-state index in [-0.39, 0.29) is 12.2 Å².